The summed E-state index contributed by atoms with van der Waals surface area (Å²) in [5.74, 6) is -0.00289. The Morgan fingerprint density at radius 1 is 1.15 bits per heavy atom. The van der Waals surface area contributed by atoms with Crippen molar-refractivity contribution in [3.05, 3.63) is 71.5 Å². The number of carbonyl (C=O) groups excluding carboxylic acids is 1. The Morgan fingerprint density at radius 3 is 2.63 bits per heavy atom. The summed E-state index contributed by atoms with van der Waals surface area (Å²) in [5, 5.41) is 3.20. The van der Waals surface area contributed by atoms with Crippen LogP contribution in [-0.4, -0.2) is 29.9 Å². The van der Waals surface area contributed by atoms with Gasteiger partial charge in [0.2, 0.25) is 5.91 Å². The van der Waals surface area contributed by atoms with Gasteiger partial charge in [0.05, 0.1) is 5.92 Å². The SMILES string of the molecule is CC(CCc1ccccc1)NC(=O)C1CCCN(Cc2ccc(F)cc2)C1. The standard InChI is InChI=1S/C23H29FN2O/c1-18(9-10-19-6-3-2-4-7-19)25-23(27)21-8-5-15-26(17-21)16-20-11-13-22(24)14-12-20/h2-4,6-7,11-14,18,21H,5,8-10,15-17H2,1H3,(H,25,27). The highest BCUT2D eigenvalue weighted by atomic mass is 19.1. The maximum Gasteiger partial charge on any atom is 0.224 e. The minimum atomic E-state index is -0.209. The first kappa shape index (κ1) is 19.6. The van der Waals surface area contributed by atoms with Crippen LogP contribution in [0.1, 0.15) is 37.3 Å². The maximum absolute atomic E-state index is 13.1. The molecule has 1 saturated heterocycles. The van der Waals surface area contributed by atoms with Crippen molar-refractivity contribution in [2.75, 3.05) is 13.1 Å². The van der Waals surface area contributed by atoms with Gasteiger partial charge in [0.25, 0.3) is 0 Å². The van der Waals surface area contributed by atoms with E-state index in [1.54, 1.807) is 0 Å². The summed E-state index contributed by atoms with van der Waals surface area (Å²) in [6.07, 6.45) is 3.89. The highest BCUT2D eigenvalue weighted by Crippen LogP contribution is 2.19. The van der Waals surface area contributed by atoms with Crippen LogP contribution >= 0.6 is 0 Å². The first-order valence-corrected chi connectivity index (χ1v) is 9.91. The number of hydrogen-bond donors (Lipinski definition) is 1. The first-order chi connectivity index (χ1) is 13.1. The van der Waals surface area contributed by atoms with E-state index < -0.39 is 0 Å². The molecule has 2 unspecified atom stereocenters. The predicted molar refractivity (Wildman–Crippen MR) is 107 cm³/mol. The third kappa shape index (κ3) is 6.17. The summed E-state index contributed by atoms with van der Waals surface area (Å²) >= 11 is 0. The number of nitrogens with zero attached hydrogens (tertiary/aromatic N) is 1. The van der Waals surface area contributed by atoms with Gasteiger partial charge in [-0.2, -0.15) is 0 Å². The van der Waals surface area contributed by atoms with E-state index in [9.17, 15) is 9.18 Å². The second kappa shape index (κ2) is 9.65. The number of hydrogen-bond acceptors (Lipinski definition) is 2. The molecule has 2 aromatic carbocycles. The molecule has 0 aliphatic carbocycles. The Hall–Kier alpha value is -2.20. The summed E-state index contributed by atoms with van der Waals surface area (Å²) in [6, 6.07) is 17.2. The number of aryl methyl sites for hydroxylation is 1. The van der Waals surface area contributed by atoms with Crippen LogP contribution in [-0.2, 0) is 17.8 Å². The predicted octanol–water partition coefficient (Wildman–Crippen LogP) is 4.18. The number of benzene rings is 2. The number of amides is 1. The molecule has 0 radical (unpaired) electrons. The van der Waals surface area contributed by atoms with Crippen LogP contribution in [0.3, 0.4) is 0 Å². The monoisotopic (exact) mass is 368 g/mol. The van der Waals surface area contributed by atoms with Gasteiger partial charge in [-0.15, -0.1) is 0 Å². The maximum atomic E-state index is 13.1. The number of likely N-dealkylation sites (tertiary alicyclic amines) is 1. The molecule has 0 aromatic heterocycles. The van der Waals surface area contributed by atoms with Crippen LogP contribution in [0, 0.1) is 11.7 Å². The molecule has 4 heteroatoms. The zero-order valence-corrected chi connectivity index (χ0v) is 16.0. The molecule has 0 spiro atoms. The van der Waals surface area contributed by atoms with E-state index in [0.29, 0.717) is 0 Å². The first-order valence-electron chi connectivity index (χ1n) is 9.91. The fourth-order valence-corrected chi connectivity index (χ4v) is 3.72. The summed E-state index contributed by atoms with van der Waals surface area (Å²) in [7, 11) is 0. The van der Waals surface area contributed by atoms with E-state index in [1.165, 1.54) is 17.7 Å². The smallest absolute Gasteiger partial charge is 0.224 e. The third-order valence-electron chi connectivity index (χ3n) is 5.29. The van der Waals surface area contributed by atoms with Crippen molar-refractivity contribution in [1.82, 2.24) is 10.2 Å². The highest BCUT2D eigenvalue weighted by Gasteiger charge is 2.26. The van der Waals surface area contributed by atoms with Gasteiger partial charge in [-0.05, 0) is 62.4 Å². The lowest BCUT2D eigenvalue weighted by Gasteiger charge is -2.32. The number of rotatable bonds is 7. The van der Waals surface area contributed by atoms with Crippen molar-refractivity contribution in [2.24, 2.45) is 5.92 Å². The van der Waals surface area contributed by atoms with E-state index in [-0.39, 0.29) is 23.7 Å². The fourth-order valence-electron chi connectivity index (χ4n) is 3.72. The van der Waals surface area contributed by atoms with Crippen molar-refractivity contribution in [3.63, 3.8) is 0 Å². The molecule has 0 saturated carbocycles. The van der Waals surface area contributed by atoms with Crippen molar-refractivity contribution in [2.45, 2.75) is 45.2 Å². The Morgan fingerprint density at radius 2 is 1.89 bits per heavy atom. The molecular formula is C23H29FN2O. The molecule has 3 rings (SSSR count). The van der Waals surface area contributed by atoms with E-state index >= 15 is 0 Å². The van der Waals surface area contributed by atoms with Crippen LogP contribution in [0.2, 0.25) is 0 Å². The van der Waals surface area contributed by atoms with E-state index in [1.807, 2.05) is 18.2 Å². The molecule has 1 N–H and O–H groups in total. The van der Waals surface area contributed by atoms with Gasteiger partial charge in [-0.3, -0.25) is 9.69 Å². The highest BCUT2D eigenvalue weighted by molar-refractivity contribution is 5.79. The second-order valence-corrected chi connectivity index (χ2v) is 7.63. The molecule has 1 amide bonds. The lowest BCUT2D eigenvalue weighted by atomic mass is 9.96. The Balaban J connectivity index is 1.45. The molecule has 2 atom stereocenters. The van der Waals surface area contributed by atoms with Crippen molar-refractivity contribution >= 4 is 5.91 Å². The van der Waals surface area contributed by atoms with E-state index in [4.69, 9.17) is 0 Å². The number of halogens is 1. The third-order valence-corrected chi connectivity index (χ3v) is 5.29. The summed E-state index contributed by atoms with van der Waals surface area (Å²) < 4.78 is 13.1. The minimum absolute atomic E-state index is 0.0402. The molecule has 3 nitrogen and oxygen atoms in total. The average molecular weight is 368 g/mol. The van der Waals surface area contributed by atoms with Gasteiger partial charge in [0.1, 0.15) is 5.82 Å². The molecule has 1 aliphatic rings. The lowest BCUT2D eigenvalue weighted by Crippen LogP contribution is -2.45. The molecule has 2 aromatic rings. The van der Waals surface area contributed by atoms with E-state index in [0.717, 1.165) is 50.9 Å². The summed E-state index contributed by atoms with van der Waals surface area (Å²) in [6.45, 7) is 4.62. The Labute approximate surface area is 161 Å². The van der Waals surface area contributed by atoms with Crippen LogP contribution in [0.25, 0.3) is 0 Å². The summed E-state index contributed by atoms with van der Waals surface area (Å²) in [4.78, 5) is 15.0. The van der Waals surface area contributed by atoms with Gasteiger partial charge in [0.15, 0.2) is 0 Å². The molecule has 0 bridgehead atoms. The lowest BCUT2D eigenvalue weighted by molar-refractivity contribution is -0.127. The molecule has 27 heavy (non-hydrogen) atoms. The van der Waals surface area contributed by atoms with Gasteiger partial charge in [-0.1, -0.05) is 42.5 Å². The zero-order valence-electron chi connectivity index (χ0n) is 16.0. The molecule has 1 heterocycles. The van der Waals surface area contributed by atoms with Gasteiger partial charge in [-0.25, -0.2) is 4.39 Å². The molecular weight excluding hydrogens is 339 g/mol. The minimum Gasteiger partial charge on any atom is -0.353 e. The van der Waals surface area contributed by atoms with Crippen molar-refractivity contribution in [1.29, 1.82) is 0 Å². The summed E-state index contributed by atoms with van der Waals surface area (Å²) in [5.41, 5.74) is 2.40. The molecule has 144 valence electrons. The van der Waals surface area contributed by atoms with Gasteiger partial charge in [0, 0.05) is 19.1 Å². The number of piperidine rings is 1. The quantitative estimate of drug-likeness (QED) is 0.795. The fraction of sp³-hybridized carbons (Fsp3) is 0.435. The number of nitrogens with one attached hydrogen (secondary N) is 1. The van der Waals surface area contributed by atoms with Crippen LogP contribution in [0.4, 0.5) is 4.39 Å². The average Bonchev–Trinajstić information content (AvgIpc) is 2.69. The van der Waals surface area contributed by atoms with Crippen LogP contribution < -0.4 is 5.32 Å². The Kier molecular flexibility index (Phi) is 6.99. The van der Waals surface area contributed by atoms with E-state index in [2.05, 4.69) is 41.4 Å². The largest absolute Gasteiger partial charge is 0.353 e. The van der Waals surface area contributed by atoms with Crippen LogP contribution in [0.15, 0.2) is 54.6 Å². The van der Waals surface area contributed by atoms with Gasteiger partial charge < -0.3 is 5.32 Å². The van der Waals surface area contributed by atoms with Gasteiger partial charge >= 0.3 is 0 Å². The zero-order chi connectivity index (χ0) is 19.1. The number of carbonyl (C=O) groups is 1. The molecule has 1 aliphatic heterocycles. The topological polar surface area (TPSA) is 32.3 Å². The van der Waals surface area contributed by atoms with Crippen molar-refractivity contribution in [3.8, 4) is 0 Å². The van der Waals surface area contributed by atoms with Crippen LogP contribution in [0.5, 0.6) is 0 Å². The van der Waals surface area contributed by atoms with Crippen molar-refractivity contribution < 1.29 is 9.18 Å². The Bertz CT molecular complexity index is 717. The normalized spacial score (nSPS) is 18.8. The second-order valence-electron chi connectivity index (χ2n) is 7.63. The molecule has 1 fully saturated rings.